The lowest BCUT2D eigenvalue weighted by Crippen LogP contribution is -2.51. The summed E-state index contributed by atoms with van der Waals surface area (Å²) in [6.45, 7) is 8.86. The summed E-state index contributed by atoms with van der Waals surface area (Å²) >= 11 is 0. The first-order valence-corrected chi connectivity index (χ1v) is 10.5. The van der Waals surface area contributed by atoms with Crippen LogP contribution in [0.25, 0.3) is 0 Å². The topological polar surface area (TPSA) is 79.0 Å². The van der Waals surface area contributed by atoms with Crippen molar-refractivity contribution in [2.45, 2.75) is 32.6 Å². The molecule has 1 fully saturated rings. The number of ether oxygens (including phenoxy) is 1. The van der Waals surface area contributed by atoms with E-state index in [0.29, 0.717) is 37.6 Å². The molecule has 0 aliphatic carbocycles. The van der Waals surface area contributed by atoms with Gasteiger partial charge in [-0.2, -0.15) is 0 Å². The minimum absolute atomic E-state index is 0.109. The molecule has 7 nitrogen and oxygen atoms in total. The first-order chi connectivity index (χ1) is 14.7. The van der Waals surface area contributed by atoms with Gasteiger partial charge in [0, 0.05) is 49.2 Å². The number of nitrogens with one attached hydrogen (secondary N) is 1. The number of amides is 2. The molecule has 31 heavy (non-hydrogen) atoms. The lowest BCUT2D eigenvalue weighted by atomic mass is 9.87. The van der Waals surface area contributed by atoms with Crippen LogP contribution in [0.4, 0.5) is 11.4 Å². The Balaban J connectivity index is 1.32. The average molecular weight is 421 g/mol. The second kappa shape index (κ2) is 8.06. The van der Waals surface area contributed by atoms with Crippen LogP contribution in [0, 0.1) is 0 Å². The normalized spacial score (nSPS) is 16.0. The summed E-state index contributed by atoms with van der Waals surface area (Å²) < 4.78 is 5.09. The van der Waals surface area contributed by atoms with Crippen LogP contribution in [0.1, 0.15) is 31.9 Å². The minimum Gasteiger partial charge on any atom is -0.426 e. The minimum atomic E-state index is -0.688. The molecule has 7 heteroatoms. The Bertz CT molecular complexity index is 1020. The van der Waals surface area contributed by atoms with Gasteiger partial charge in [-0.1, -0.05) is 39.0 Å². The number of fused-ring (bicyclic) bond motifs is 1. The first kappa shape index (κ1) is 20.9. The van der Waals surface area contributed by atoms with Crippen molar-refractivity contribution >= 4 is 29.2 Å². The zero-order chi connectivity index (χ0) is 22.2. The summed E-state index contributed by atoms with van der Waals surface area (Å²) in [7, 11) is 0. The molecule has 1 saturated heterocycles. The van der Waals surface area contributed by atoms with Gasteiger partial charge in [0.25, 0.3) is 0 Å². The molecule has 2 heterocycles. The molecule has 0 bridgehead atoms. The first-order valence-electron chi connectivity index (χ1n) is 10.5. The van der Waals surface area contributed by atoms with E-state index in [-0.39, 0.29) is 17.8 Å². The lowest BCUT2D eigenvalue weighted by Gasteiger charge is -2.36. The van der Waals surface area contributed by atoms with E-state index in [2.05, 4.69) is 55.3 Å². The highest BCUT2D eigenvalue weighted by atomic mass is 16.5. The summed E-state index contributed by atoms with van der Waals surface area (Å²) in [5.41, 5.74) is 3.72. The number of carbonyl (C=O) groups excluding carboxylic acids is 3. The number of nitrogens with zero attached hydrogens (tertiary/aromatic N) is 2. The standard InChI is InChI=1S/C24H27N3O4/c1-24(2,3)17-5-8-19(9-6-17)26-10-12-27(13-11-26)23(30)22(29)25-18-7-4-16-14-21(28)31-20(16)15-18/h4-9,15H,10-14H2,1-3H3,(H,25,29). The number of anilines is 2. The van der Waals surface area contributed by atoms with Crippen LogP contribution in [0.3, 0.4) is 0 Å². The average Bonchev–Trinajstić information content (AvgIpc) is 3.12. The number of carbonyl (C=O) groups is 3. The van der Waals surface area contributed by atoms with Gasteiger partial charge in [-0.3, -0.25) is 14.4 Å². The van der Waals surface area contributed by atoms with Crippen molar-refractivity contribution in [1.82, 2.24) is 4.90 Å². The van der Waals surface area contributed by atoms with Crippen LogP contribution in [-0.4, -0.2) is 48.9 Å². The Hall–Kier alpha value is -3.35. The molecular weight excluding hydrogens is 394 g/mol. The van der Waals surface area contributed by atoms with Crippen molar-refractivity contribution in [1.29, 1.82) is 0 Å². The Morgan fingerprint density at radius 1 is 0.968 bits per heavy atom. The molecule has 0 unspecified atom stereocenters. The van der Waals surface area contributed by atoms with Crippen molar-refractivity contribution in [2.24, 2.45) is 0 Å². The van der Waals surface area contributed by atoms with Gasteiger partial charge < -0.3 is 19.9 Å². The number of hydrogen-bond donors (Lipinski definition) is 1. The van der Waals surface area contributed by atoms with Crippen LogP contribution in [0.2, 0.25) is 0 Å². The van der Waals surface area contributed by atoms with Gasteiger partial charge in [0.05, 0.1) is 6.42 Å². The van der Waals surface area contributed by atoms with Crippen LogP contribution in [-0.2, 0) is 26.2 Å². The molecule has 2 amide bonds. The maximum atomic E-state index is 12.6. The van der Waals surface area contributed by atoms with Crippen molar-refractivity contribution < 1.29 is 19.1 Å². The molecule has 0 radical (unpaired) electrons. The second-order valence-corrected chi connectivity index (χ2v) is 9.00. The van der Waals surface area contributed by atoms with Gasteiger partial charge >= 0.3 is 17.8 Å². The predicted octanol–water partition coefficient (Wildman–Crippen LogP) is 2.73. The van der Waals surface area contributed by atoms with Crippen molar-refractivity contribution in [3.05, 3.63) is 53.6 Å². The monoisotopic (exact) mass is 421 g/mol. The third-order valence-corrected chi connectivity index (χ3v) is 5.74. The number of hydrogen-bond acceptors (Lipinski definition) is 5. The lowest BCUT2D eigenvalue weighted by molar-refractivity contribution is -0.143. The van der Waals surface area contributed by atoms with E-state index in [1.165, 1.54) is 5.56 Å². The van der Waals surface area contributed by atoms with E-state index in [9.17, 15) is 14.4 Å². The molecule has 4 rings (SSSR count). The fourth-order valence-electron chi connectivity index (χ4n) is 3.86. The highest BCUT2D eigenvalue weighted by Crippen LogP contribution is 2.29. The fraction of sp³-hybridized carbons (Fsp3) is 0.375. The number of esters is 1. The van der Waals surface area contributed by atoms with Gasteiger partial charge in [0.2, 0.25) is 0 Å². The molecule has 2 aromatic carbocycles. The van der Waals surface area contributed by atoms with Gasteiger partial charge in [-0.25, -0.2) is 0 Å². The maximum absolute atomic E-state index is 12.6. The third-order valence-electron chi connectivity index (χ3n) is 5.74. The maximum Gasteiger partial charge on any atom is 0.315 e. The molecule has 0 atom stereocenters. The Labute approximate surface area is 182 Å². The largest absolute Gasteiger partial charge is 0.426 e. The molecule has 1 N–H and O–H groups in total. The van der Waals surface area contributed by atoms with Crippen molar-refractivity contribution in [3.8, 4) is 5.75 Å². The molecule has 2 aliphatic rings. The number of rotatable bonds is 2. The summed E-state index contributed by atoms with van der Waals surface area (Å²) in [5.74, 6) is -1.13. The molecule has 162 valence electrons. The zero-order valence-electron chi connectivity index (χ0n) is 18.1. The van der Waals surface area contributed by atoms with E-state index in [1.54, 1.807) is 23.1 Å². The molecule has 0 spiro atoms. The predicted molar refractivity (Wildman–Crippen MR) is 118 cm³/mol. The van der Waals surface area contributed by atoms with Crippen LogP contribution >= 0.6 is 0 Å². The van der Waals surface area contributed by atoms with Crippen molar-refractivity contribution in [2.75, 3.05) is 36.4 Å². The second-order valence-electron chi connectivity index (χ2n) is 9.00. The Morgan fingerprint density at radius 3 is 2.29 bits per heavy atom. The van der Waals surface area contributed by atoms with E-state index in [1.807, 2.05) is 0 Å². The highest BCUT2D eigenvalue weighted by molar-refractivity contribution is 6.39. The third kappa shape index (κ3) is 4.55. The summed E-state index contributed by atoms with van der Waals surface area (Å²) in [4.78, 5) is 40.2. The zero-order valence-corrected chi connectivity index (χ0v) is 18.1. The quantitative estimate of drug-likeness (QED) is 0.458. The number of piperazine rings is 1. The number of benzene rings is 2. The molecular formula is C24H27N3O4. The fourth-order valence-corrected chi connectivity index (χ4v) is 3.86. The van der Waals surface area contributed by atoms with Crippen LogP contribution < -0.4 is 15.0 Å². The Morgan fingerprint density at radius 2 is 1.65 bits per heavy atom. The van der Waals surface area contributed by atoms with Gasteiger partial charge in [-0.05, 0) is 29.2 Å². The molecule has 2 aromatic rings. The molecule has 2 aliphatic heterocycles. The molecule has 0 aromatic heterocycles. The van der Waals surface area contributed by atoms with Crippen LogP contribution in [0.5, 0.6) is 5.75 Å². The van der Waals surface area contributed by atoms with Crippen molar-refractivity contribution in [3.63, 3.8) is 0 Å². The highest BCUT2D eigenvalue weighted by Gasteiger charge is 2.27. The summed E-state index contributed by atoms with van der Waals surface area (Å²) in [6, 6.07) is 13.5. The summed E-state index contributed by atoms with van der Waals surface area (Å²) in [6.07, 6.45) is 0.228. The van der Waals surface area contributed by atoms with Gasteiger partial charge in [0.1, 0.15) is 5.75 Å². The SMILES string of the molecule is CC(C)(C)c1ccc(N2CCN(C(=O)C(=O)Nc3ccc4c(c3)OC(=O)C4)CC2)cc1. The Kier molecular flexibility index (Phi) is 5.43. The van der Waals surface area contributed by atoms with Gasteiger partial charge in [-0.15, -0.1) is 0 Å². The van der Waals surface area contributed by atoms with E-state index in [4.69, 9.17) is 4.74 Å². The van der Waals surface area contributed by atoms with Gasteiger partial charge in [0.15, 0.2) is 0 Å². The molecule has 0 saturated carbocycles. The smallest absolute Gasteiger partial charge is 0.315 e. The van der Waals surface area contributed by atoms with E-state index >= 15 is 0 Å². The van der Waals surface area contributed by atoms with E-state index < -0.39 is 11.8 Å². The van der Waals surface area contributed by atoms with Crippen LogP contribution in [0.15, 0.2) is 42.5 Å². The summed E-state index contributed by atoms with van der Waals surface area (Å²) in [5, 5.41) is 2.61. The van der Waals surface area contributed by atoms with E-state index in [0.717, 1.165) is 11.3 Å².